The van der Waals surface area contributed by atoms with Crippen LogP contribution in [0.4, 0.5) is 0 Å². The van der Waals surface area contributed by atoms with Crippen LogP contribution in [0.1, 0.15) is 37.0 Å². The van der Waals surface area contributed by atoms with Crippen LogP contribution >= 0.6 is 0 Å². The Kier molecular flexibility index (Phi) is 8.57. The number of hydrogen-bond acceptors (Lipinski definition) is 4. The largest absolute Gasteiger partial charge is 0.356 e. The van der Waals surface area contributed by atoms with Crippen LogP contribution in [0.2, 0.25) is 0 Å². The standard InChI is InChI=1S/C17H27N3O4S/c1-4-25(23,24)20(3)12-8-11-18-16(21)13-14(2)19-17(22)15-9-6-5-7-10-15/h5-7,9-10,14H,4,8,11-13H2,1-3H3,(H,18,21)(H,19,22). The van der Waals surface area contributed by atoms with Gasteiger partial charge in [0.25, 0.3) is 5.91 Å². The Morgan fingerprint density at radius 1 is 1.20 bits per heavy atom. The molecule has 0 radical (unpaired) electrons. The molecule has 0 saturated heterocycles. The molecule has 0 bridgehead atoms. The lowest BCUT2D eigenvalue weighted by Gasteiger charge is -2.16. The van der Waals surface area contributed by atoms with Crippen LogP contribution in [-0.2, 0) is 14.8 Å². The molecule has 0 aliphatic carbocycles. The fourth-order valence-corrected chi connectivity index (χ4v) is 3.03. The first-order chi connectivity index (χ1) is 11.8. The number of carbonyl (C=O) groups excluding carboxylic acids is 2. The second kappa shape index (κ2) is 10.1. The van der Waals surface area contributed by atoms with E-state index in [0.29, 0.717) is 25.1 Å². The predicted molar refractivity (Wildman–Crippen MR) is 97.7 cm³/mol. The molecule has 7 nitrogen and oxygen atoms in total. The molecule has 2 amide bonds. The SMILES string of the molecule is CCS(=O)(=O)N(C)CCCNC(=O)CC(C)NC(=O)c1ccccc1. The van der Waals surface area contributed by atoms with Gasteiger partial charge in [0.05, 0.1) is 5.75 Å². The van der Waals surface area contributed by atoms with Crippen LogP contribution in [0.3, 0.4) is 0 Å². The fourth-order valence-electron chi connectivity index (χ4n) is 2.19. The molecule has 0 heterocycles. The average molecular weight is 369 g/mol. The summed E-state index contributed by atoms with van der Waals surface area (Å²) in [4.78, 5) is 23.9. The van der Waals surface area contributed by atoms with Gasteiger partial charge in [-0.2, -0.15) is 0 Å². The molecule has 1 unspecified atom stereocenters. The van der Waals surface area contributed by atoms with Gasteiger partial charge in [-0.3, -0.25) is 9.59 Å². The smallest absolute Gasteiger partial charge is 0.251 e. The van der Waals surface area contributed by atoms with Gasteiger partial charge in [-0.1, -0.05) is 18.2 Å². The Hall–Kier alpha value is -1.93. The fraction of sp³-hybridized carbons (Fsp3) is 0.529. The van der Waals surface area contributed by atoms with Gasteiger partial charge in [0.15, 0.2) is 0 Å². The molecule has 0 saturated carbocycles. The summed E-state index contributed by atoms with van der Waals surface area (Å²) in [5, 5.41) is 5.52. The maximum atomic E-state index is 12.0. The van der Waals surface area contributed by atoms with Crippen molar-refractivity contribution in [1.82, 2.24) is 14.9 Å². The molecule has 1 aromatic rings. The Labute approximate surface area is 149 Å². The van der Waals surface area contributed by atoms with Gasteiger partial charge in [0, 0.05) is 38.2 Å². The second-order valence-electron chi connectivity index (χ2n) is 5.87. The highest BCUT2D eigenvalue weighted by molar-refractivity contribution is 7.89. The summed E-state index contributed by atoms with van der Waals surface area (Å²) in [5.74, 6) is -0.330. The Morgan fingerprint density at radius 3 is 2.44 bits per heavy atom. The minimum Gasteiger partial charge on any atom is -0.356 e. The number of benzene rings is 1. The third-order valence-corrected chi connectivity index (χ3v) is 5.58. The van der Waals surface area contributed by atoms with E-state index in [0.717, 1.165) is 0 Å². The van der Waals surface area contributed by atoms with Crippen LogP contribution in [0.25, 0.3) is 0 Å². The number of carbonyl (C=O) groups is 2. The number of rotatable bonds is 10. The molecule has 0 spiro atoms. The third kappa shape index (κ3) is 7.66. The zero-order valence-corrected chi connectivity index (χ0v) is 15.8. The molecule has 1 atom stereocenters. The van der Waals surface area contributed by atoms with Crippen molar-refractivity contribution in [2.75, 3.05) is 25.9 Å². The molecular weight excluding hydrogens is 342 g/mol. The van der Waals surface area contributed by atoms with E-state index < -0.39 is 10.0 Å². The maximum Gasteiger partial charge on any atom is 0.251 e. The van der Waals surface area contributed by atoms with Crippen molar-refractivity contribution >= 4 is 21.8 Å². The maximum absolute atomic E-state index is 12.0. The lowest BCUT2D eigenvalue weighted by atomic mass is 10.1. The molecule has 2 N–H and O–H groups in total. The van der Waals surface area contributed by atoms with Gasteiger partial charge >= 0.3 is 0 Å². The van der Waals surface area contributed by atoms with E-state index >= 15 is 0 Å². The highest BCUT2D eigenvalue weighted by atomic mass is 32.2. The van der Waals surface area contributed by atoms with Crippen molar-refractivity contribution in [3.05, 3.63) is 35.9 Å². The van der Waals surface area contributed by atoms with Crippen LogP contribution in [0, 0.1) is 0 Å². The summed E-state index contributed by atoms with van der Waals surface area (Å²) in [6.45, 7) is 4.11. The zero-order chi connectivity index (χ0) is 18.9. The highest BCUT2D eigenvalue weighted by Crippen LogP contribution is 2.01. The van der Waals surface area contributed by atoms with Gasteiger partial charge < -0.3 is 10.6 Å². The summed E-state index contributed by atoms with van der Waals surface area (Å²) < 4.78 is 24.5. The molecule has 0 aromatic heterocycles. The lowest BCUT2D eigenvalue weighted by Crippen LogP contribution is -2.38. The molecule has 8 heteroatoms. The monoisotopic (exact) mass is 369 g/mol. The van der Waals surface area contributed by atoms with Crippen molar-refractivity contribution in [2.24, 2.45) is 0 Å². The average Bonchev–Trinajstić information content (AvgIpc) is 2.58. The van der Waals surface area contributed by atoms with E-state index in [2.05, 4.69) is 10.6 Å². The number of hydrogen-bond donors (Lipinski definition) is 2. The van der Waals surface area contributed by atoms with Gasteiger partial charge in [0.2, 0.25) is 15.9 Å². The van der Waals surface area contributed by atoms with Gasteiger partial charge in [-0.15, -0.1) is 0 Å². The summed E-state index contributed by atoms with van der Waals surface area (Å²) >= 11 is 0. The normalized spacial score (nSPS) is 12.6. The number of amides is 2. The zero-order valence-electron chi connectivity index (χ0n) is 15.0. The first kappa shape index (κ1) is 21.1. The molecule has 0 aliphatic rings. The van der Waals surface area contributed by atoms with E-state index in [-0.39, 0.29) is 30.0 Å². The van der Waals surface area contributed by atoms with E-state index in [1.807, 2.05) is 6.07 Å². The molecule has 1 rings (SSSR count). The number of sulfonamides is 1. The molecule has 25 heavy (non-hydrogen) atoms. The first-order valence-corrected chi connectivity index (χ1v) is 9.93. The van der Waals surface area contributed by atoms with Crippen molar-refractivity contribution in [3.63, 3.8) is 0 Å². The van der Waals surface area contributed by atoms with Crippen molar-refractivity contribution < 1.29 is 18.0 Å². The topological polar surface area (TPSA) is 95.6 Å². The Balaban J connectivity index is 2.27. The predicted octanol–water partition coefficient (Wildman–Crippen LogP) is 0.983. The van der Waals surface area contributed by atoms with Crippen molar-refractivity contribution in [3.8, 4) is 0 Å². The Bertz CT molecular complexity index is 662. The van der Waals surface area contributed by atoms with Crippen LogP contribution < -0.4 is 10.6 Å². The highest BCUT2D eigenvalue weighted by Gasteiger charge is 2.15. The van der Waals surface area contributed by atoms with Gasteiger partial charge in [0.1, 0.15) is 0 Å². The molecule has 0 aliphatic heterocycles. The minimum absolute atomic E-state index is 0.0640. The first-order valence-electron chi connectivity index (χ1n) is 8.33. The van der Waals surface area contributed by atoms with Crippen molar-refractivity contribution in [1.29, 1.82) is 0 Å². The van der Waals surface area contributed by atoms with Gasteiger partial charge in [-0.25, -0.2) is 12.7 Å². The third-order valence-electron chi connectivity index (χ3n) is 3.72. The number of nitrogens with zero attached hydrogens (tertiary/aromatic N) is 1. The van der Waals surface area contributed by atoms with E-state index in [4.69, 9.17) is 0 Å². The minimum atomic E-state index is -3.18. The second-order valence-corrected chi connectivity index (χ2v) is 8.23. The van der Waals surface area contributed by atoms with Gasteiger partial charge in [-0.05, 0) is 32.4 Å². The molecule has 0 fully saturated rings. The summed E-state index contributed by atoms with van der Waals surface area (Å²) in [7, 11) is -1.66. The van der Waals surface area contributed by atoms with E-state index in [1.165, 1.54) is 11.4 Å². The van der Waals surface area contributed by atoms with Crippen LogP contribution in [-0.4, -0.2) is 56.5 Å². The quantitative estimate of drug-likeness (QED) is 0.601. The molecule has 140 valence electrons. The van der Waals surface area contributed by atoms with Crippen LogP contribution in [0.15, 0.2) is 30.3 Å². The van der Waals surface area contributed by atoms with E-state index in [1.54, 1.807) is 38.1 Å². The molecular formula is C17H27N3O4S. The summed E-state index contributed by atoms with van der Waals surface area (Å²) in [6, 6.07) is 8.52. The van der Waals surface area contributed by atoms with Crippen LogP contribution in [0.5, 0.6) is 0 Å². The van der Waals surface area contributed by atoms with Crippen molar-refractivity contribution in [2.45, 2.75) is 32.7 Å². The molecule has 1 aromatic carbocycles. The summed E-state index contributed by atoms with van der Waals surface area (Å²) in [6.07, 6.45) is 0.702. The summed E-state index contributed by atoms with van der Waals surface area (Å²) in [5.41, 5.74) is 0.551. The number of nitrogens with one attached hydrogen (secondary N) is 2. The van der Waals surface area contributed by atoms with E-state index in [9.17, 15) is 18.0 Å². The Morgan fingerprint density at radius 2 is 1.84 bits per heavy atom. The lowest BCUT2D eigenvalue weighted by molar-refractivity contribution is -0.121.